The molecule has 2 aromatic heterocycles. The Bertz CT molecular complexity index is 898. The van der Waals surface area contributed by atoms with E-state index in [1.165, 1.54) is 0 Å². The first-order valence-corrected chi connectivity index (χ1v) is 9.10. The lowest BCUT2D eigenvalue weighted by molar-refractivity contribution is 0.184. The van der Waals surface area contributed by atoms with Crippen molar-refractivity contribution in [2.45, 2.75) is 45.6 Å². The minimum Gasteiger partial charge on any atom is -0.379 e. The standard InChI is InChI=1S/C20H25N5O/c1-13-16(22-17(21-13)14-8-6-5-7-9-14)18-23-19(20(2,3)4)24-25(18)15-10-11-26-12-15/h5-9,15H,10-12H2,1-4H3,(H,21,22). The number of ether oxygens (including phenoxy) is 1. The van der Waals surface area contributed by atoms with Gasteiger partial charge in [0.15, 0.2) is 11.6 Å². The number of imidazole rings is 1. The first-order valence-electron chi connectivity index (χ1n) is 9.10. The molecule has 0 amide bonds. The van der Waals surface area contributed by atoms with Crippen LogP contribution in [0, 0.1) is 6.92 Å². The first kappa shape index (κ1) is 17.0. The Morgan fingerprint density at radius 1 is 1.15 bits per heavy atom. The Morgan fingerprint density at radius 3 is 2.58 bits per heavy atom. The number of H-pyrrole nitrogens is 1. The van der Waals surface area contributed by atoms with Gasteiger partial charge in [-0.1, -0.05) is 51.1 Å². The highest BCUT2D eigenvalue weighted by Gasteiger charge is 2.29. The molecule has 6 heteroatoms. The van der Waals surface area contributed by atoms with Crippen molar-refractivity contribution in [2.24, 2.45) is 0 Å². The molecule has 1 fully saturated rings. The third-order valence-electron chi connectivity index (χ3n) is 4.70. The zero-order chi connectivity index (χ0) is 18.3. The summed E-state index contributed by atoms with van der Waals surface area (Å²) >= 11 is 0. The summed E-state index contributed by atoms with van der Waals surface area (Å²) in [6.45, 7) is 9.88. The zero-order valence-corrected chi connectivity index (χ0v) is 15.8. The summed E-state index contributed by atoms with van der Waals surface area (Å²) in [5.41, 5.74) is 2.80. The Hall–Kier alpha value is -2.47. The van der Waals surface area contributed by atoms with E-state index in [4.69, 9.17) is 19.8 Å². The minimum absolute atomic E-state index is 0.119. The second-order valence-corrected chi connectivity index (χ2v) is 7.90. The maximum atomic E-state index is 5.59. The molecule has 1 atom stereocenters. The van der Waals surface area contributed by atoms with Gasteiger partial charge >= 0.3 is 0 Å². The molecule has 1 unspecified atom stereocenters. The van der Waals surface area contributed by atoms with Gasteiger partial charge in [-0.25, -0.2) is 14.6 Å². The van der Waals surface area contributed by atoms with Crippen LogP contribution >= 0.6 is 0 Å². The lowest BCUT2D eigenvalue weighted by atomic mass is 9.96. The van der Waals surface area contributed by atoms with Gasteiger partial charge in [0.25, 0.3) is 0 Å². The number of nitrogens with one attached hydrogen (secondary N) is 1. The Morgan fingerprint density at radius 2 is 1.92 bits per heavy atom. The summed E-state index contributed by atoms with van der Waals surface area (Å²) in [7, 11) is 0. The maximum absolute atomic E-state index is 5.59. The van der Waals surface area contributed by atoms with Gasteiger partial charge in [0.1, 0.15) is 11.5 Å². The van der Waals surface area contributed by atoms with Crippen LogP contribution < -0.4 is 0 Å². The summed E-state index contributed by atoms with van der Waals surface area (Å²) in [5, 5.41) is 4.83. The van der Waals surface area contributed by atoms with Gasteiger partial charge < -0.3 is 9.72 Å². The fraction of sp³-hybridized carbons (Fsp3) is 0.450. The van der Waals surface area contributed by atoms with E-state index in [2.05, 4.69) is 37.9 Å². The van der Waals surface area contributed by atoms with E-state index in [1.54, 1.807) is 0 Å². The first-order chi connectivity index (χ1) is 12.4. The van der Waals surface area contributed by atoms with E-state index in [9.17, 15) is 0 Å². The minimum atomic E-state index is -0.119. The van der Waals surface area contributed by atoms with Crippen molar-refractivity contribution < 1.29 is 4.74 Å². The molecule has 3 aromatic rings. The highest BCUT2D eigenvalue weighted by atomic mass is 16.5. The van der Waals surface area contributed by atoms with E-state index in [0.29, 0.717) is 6.61 Å². The third-order valence-corrected chi connectivity index (χ3v) is 4.70. The number of hydrogen-bond donors (Lipinski definition) is 1. The molecule has 4 rings (SSSR count). The number of aromatic nitrogens is 5. The number of nitrogens with zero attached hydrogens (tertiary/aromatic N) is 4. The molecule has 1 aromatic carbocycles. The van der Waals surface area contributed by atoms with Crippen LogP contribution in [0.4, 0.5) is 0 Å². The normalized spacial score (nSPS) is 17.8. The van der Waals surface area contributed by atoms with Crippen LogP contribution in [0.2, 0.25) is 0 Å². The lowest BCUT2D eigenvalue weighted by Gasteiger charge is -2.13. The van der Waals surface area contributed by atoms with Crippen LogP contribution in [0.3, 0.4) is 0 Å². The average molecular weight is 351 g/mol. The molecule has 26 heavy (non-hydrogen) atoms. The van der Waals surface area contributed by atoms with Gasteiger partial charge in [-0.05, 0) is 13.3 Å². The number of aryl methyl sites for hydroxylation is 1. The second-order valence-electron chi connectivity index (χ2n) is 7.90. The van der Waals surface area contributed by atoms with Gasteiger partial charge in [0.05, 0.1) is 12.6 Å². The molecule has 1 N–H and O–H groups in total. The van der Waals surface area contributed by atoms with E-state index >= 15 is 0 Å². The van der Waals surface area contributed by atoms with E-state index < -0.39 is 0 Å². The molecular formula is C20H25N5O. The maximum Gasteiger partial charge on any atom is 0.179 e. The summed E-state index contributed by atoms with van der Waals surface area (Å²) in [6, 6.07) is 10.4. The Kier molecular flexibility index (Phi) is 4.15. The molecule has 0 bridgehead atoms. The third kappa shape index (κ3) is 3.05. The van der Waals surface area contributed by atoms with Crippen molar-refractivity contribution in [3.8, 4) is 22.9 Å². The molecule has 136 valence electrons. The molecule has 1 aliphatic rings. The lowest BCUT2D eigenvalue weighted by Crippen LogP contribution is -2.16. The molecule has 1 saturated heterocycles. The van der Waals surface area contributed by atoms with Crippen molar-refractivity contribution in [1.29, 1.82) is 0 Å². The highest BCUT2D eigenvalue weighted by molar-refractivity contribution is 5.63. The number of rotatable bonds is 3. The molecule has 0 radical (unpaired) electrons. The molecule has 0 saturated carbocycles. The summed E-state index contributed by atoms with van der Waals surface area (Å²) in [4.78, 5) is 13.1. The van der Waals surface area contributed by atoms with Gasteiger partial charge in [-0.3, -0.25) is 0 Å². The summed E-state index contributed by atoms with van der Waals surface area (Å²) in [6.07, 6.45) is 0.953. The summed E-state index contributed by atoms with van der Waals surface area (Å²) in [5.74, 6) is 2.51. The van der Waals surface area contributed by atoms with Crippen LogP contribution in [0.1, 0.15) is 44.8 Å². The molecular weight excluding hydrogens is 326 g/mol. The van der Waals surface area contributed by atoms with E-state index in [-0.39, 0.29) is 11.5 Å². The highest BCUT2D eigenvalue weighted by Crippen LogP contribution is 2.31. The largest absolute Gasteiger partial charge is 0.379 e. The SMILES string of the molecule is Cc1[nH]c(-c2ccccc2)nc1-c1nc(C(C)(C)C)nn1C1CCOC1. The number of hydrogen-bond acceptors (Lipinski definition) is 4. The van der Waals surface area contributed by atoms with Crippen molar-refractivity contribution in [3.05, 3.63) is 41.9 Å². The van der Waals surface area contributed by atoms with Crippen LogP contribution in [-0.2, 0) is 10.2 Å². The van der Waals surface area contributed by atoms with Crippen LogP contribution in [-0.4, -0.2) is 37.9 Å². The summed E-state index contributed by atoms with van der Waals surface area (Å²) < 4.78 is 7.60. The predicted octanol–water partition coefficient (Wildman–Crippen LogP) is 3.90. The molecule has 3 heterocycles. The van der Waals surface area contributed by atoms with Gasteiger partial charge in [-0.15, -0.1) is 0 Å². The smallest absolute Gasteiger partial charge is 0.179 e. The Labute approximate surface area is 153 Å². The molecule has 6 nitrogen and oxygen atoms in total. The monoisotopic (exact) mass is 351 g/mol. The molecule has 0 aliphatic carbocycles. The van der Waals surface area contributed by atoms with Crippen LogP contribution in [0.15, 0.2) is 30.3 Å². The number of aromatic amines is 1. The average Bonchev–Trinajstić information content (AvgIpc) is 3.33. The van der Waals surface area contributed by atoms with Crippen molar-refractivity contribution in [1.82, 2.24) is 24.7 Å². The topological polar surface area (TPSA) is 68.6 Å². The van der Waals surface area contributed by atoms with E-state index in [1.807, 2.05) is 29.8 Å². The fourth-order valence-corrected chi connectivity index (χ4v) is 3.18. The van der Waals surface area contributed by atoms with E-state index in [0.717, 1.165) is 47.5 Å². The van der Waals surface area contributed by atoms with Crippen LogP contribution in [0.25, 0.3) is 22.9 Å². The second kappa shape index (κ2) is 6.36. The van der Waals surface area contributed by atoms with Gasteiger partial charge in [-0.2, -0.15) is 5.10 Å². The molecule has 1 aliphatic heterocycles. The fourth-order valence-electron chi connectivity index (χ4n) is 3.18. The van der Waals surface area contributed by atoms with Crippen LogP contribution in [0.5, 0.6) is 0 Å². The van der Waals surface area contributed by atoms with Crippen molar-refractivity contribution in [3.63, 3.8) is 0 Å². The zero-order valence-electron chi connectivity index (χ0n) is 15.8. The van der Waals surface area contributed by atoms with Crippen molar-refractivity contribution in [2.75, 3.05) is 13.2 Å². The predicted molar refractivity (Wildman–Crippen MR) is 101 cm³/mol. The number of benzene rings is 1. The molecule has 0 spiro atoms. The quantitative estimate of drug-likeness (QED) is 0.777. The Balaban J connectivity index is 1.82. The van der Waals surface area contributed by atoms with Crippen molar-refractivity contribution >= 4 is 0 Å². The van der Waals surface area contributed by atoms with Gasteiger partial charge in [0.2, 0.25) is 0 Å². The van der Waals surface area contributed by atoms with Gasteiger partial charge in [0, 0.05) is 23.3 Å².